The van der Waals surface area contributed by atoms with Gasteiger partial charge in [0.1, 0.15) is 5.84 Å². The van der Waals surface area contributed by atoms with Crippen LogP contribution in [0, 0.1) is 0 Å². The lowest BCUT2D eigenvalue weighted by Gasteiger charge is -2.10. The summed E-state index contributed by atoms with van der Waals surface area (Å²) in [6.45, 7) is 0.613. The molecule has 0 saturated heterocycles. The number of para-hydroxylation sites is 1. The number of anilines is 1. The van der Waals surface area contributed by atoms with Crippen LogP contribution in [0.25, 0.3) is 10.9 Å². The van der Waals surface area contributed by atoms with Crippen molar-refractivity contribution < 1.29 is 13.2 Å². The number of amides is 1. The molecule has 2 heterocycles. The maximum atomic E-state index is 12.5. The molecule has 0 unspecified atom stereocenters. The number of carbonyl (C=O) groups is 1. The molecule has 0 spiro atoms. The van der Waals surface area contributed by atoms with Gasteiger partial charge in [-0.2, -0.15) is 0 Å². The predicted molar refractivity (Wildman–Crippen MR) is 115 cm³/mol. The van der Waals surface area contributed by atoms with E-state index in [1.165, 1.54) is 12.1 Å². The zero-order valence-electron chi connectivity index (χ0n) is 16.0. The van der Waals surface area contributed by atoms with Crippen molar-refractivity contribution in [1.82, 2.24) is 9.71 Å². The first kappa shape index (κ1) is 19.8. The van der Waals surface area contributed by atoms with Gasteiger partial charge < -0.3 is 10.3 Å². The topological polar surface area (TPSA) is 120 Å². The summed E-state index contributed by atoms with van der Waals surface area (Å²) in [6, 6.07) is 14.9. The van der Waals surface area contributed by atoms with Crippen molar-refractivity contribution >= 4 is 38.4 Å². The van der Waals surface area contributed by atoms with E-state index < -0.39 is 15.9 Å². The van der Waals surface area contributed by atoms with Crippen molar-refractivity contribution in [3.63, 3.8) is 0 Å². The largest absolute Gasteiger partial charge is 0.326 e. The smallest absolute Gasteiger partial charge is 0.262 e. The number of aromatic amines is 1. The Bertz CT molecular complexity index is 1310. The molecule has 0 saturated carbocycles. The first-order valence-electron chi connectivity index (χ1n) is 9.48. The van der Waals surface area contributed by atoms with Crippen LogP contribution in [-0.2, 0) is 21.2 Å². The van der Waals surface area contributed by atoms with E-state index in [2.05, 4.69) is 20.0 Å². The second-order valence-electron chi connectivity index (χ2n) is 7.00. The fraction of sp³-hybridized carbons (Fsp3) is 0.190. The van der Waals surface area contributed by atoms with Gasteiger partial charge in [-0.05, 0) is 42.1 Å². The highest BCUT2D eigenvalue weighted by molar-refractivity contribution is 7.90. The summed E-state index contributed by atoms with van der Waals surface area (Å²) in [4.78, 5) is 31.6. The number of sulfonamides is 1. The van der Waals surface area contributed by atoms with Crippen LogP contribution in [0.2, 0.25) is 0 Å². The van der Waals surface area contributed by atoms with Gasteiger partial charge in [0.15, 0.2) is 0 Å². The molecule has 0 fully saturated rings. The van der Waals surface area contributed by atoms with Gasteiger partial charge in [0.2, 0.25) is 5.91 Å². The monoisotopic (exact) mass is 424 g/mol. The molecule has 9 heteroatoms. The number of carbonyl (C=O) groups excluding carboxylic acids is 1. The van der Waals surface area contributed by atoms with E-state index in [9.17, 15) is 18.0 Å². The molecule has 154 valence electrons. The lowest BCUT2D eigenvalue weighted by atomic mass is 10.1. The van der Waals surface area contributed by atoms with Gasteiger partial charge in [0, 0.05) is 29.7 Å². The molecule has 0 radical (unpaired) electrons. The summed E-state index contributed by atoms with van der Waals surface area (Å²) < 4.78 is 27.6. The highest BCUT2D eigenvalue weighted by Crippen LogP contribution is 2.17. The van der Waals surface area contributed by atoms with Gasteiger partial charge in [-0.3, -0.25) is 19.3 Å². The van der Waals surface area contributed by atoms with Gasteiger partial charge in [0.05, 0.1) is 11.3 Å². The number of pyridine rings is 1. The van der Waals surface area contributed by atoms with E-state index in [1.54, 1.807) is 24.3 Å². The quantitative estimate of drug-likeness (QED) is 0.581. The van der Waals surface area contributed by atoms with Crippen LogP contribution in [-0.4, -0.2) is 31.7 Å². The standard InChI is InChI=1S/C21H20N4O4S/c26-20(12-15-11-14-5-1-2-8-18(14)24-21(15)27)23-16-6-3-7-17(13-16)30(28,29)25-19-9-4-10-22-19/h1-3,5-8,11,13H,4,9-10,12H2,(H,22,25)(H,23,26)(H,24,27). The summed E-state index contributed by atoms with van der Waals surface area (Å²) in [5, 5.41) is 3.49. The Balaban J connectivity index is 1.49. The first-order chi connectivity index (χ1) is 14.4. The van der Waals surface area contributed by atoms with Crippen molar-refractivity contribution in [2.24, 2.45) is 4.99 Å². The third-order valence-electron chi connectivity index (χ3n) is 4.74. The van der Waals surface area contributed by atoms with Crippen molar-refractivity contribution in [2.75, 3.05) is 11.9 Å². The number of fused-ring (bicyclic) bond motifs is 1. The number of aliphatic imine (C=N–C) groups is 1. The Labute approximate surface area is 173 Å². The molecule has 8 nitrogen and oxygen atoms in total. The van der Waals surface area contributed by atoms with Gasteiger partial charge in [-0.1, -0.05) is 24.3 Å². The summed E-state index contributed by atoms with van der Waals surface area (Å²) in [5.74, 6) is 0.0263. The van der Waals surface area contributed by atoms with Crippen molar-refractivity contribution in [3.8, 4) is 0 Å². The third kappa shape index (κ3) is 4.41. The van der Waals surface area contributed by atoms with Gasteiger partial charge in [0.25, 0.3) is 15.6 Å². The van der Waals surface area contributed by atoms with Crippen LogP contribution in [0.4, 0.5) is 5.69 Å². The second-order valence-corrected chi connectivity index (χ2v) is 8.68. The third-order valence-corrected chi connectivity index (χ3v) is 6.11. The minimum Gasteiger partial charge on any atom is -0.326 e. The van der Waals surface area contributed by atoms with Crippen LogP contribution < -0.4 is 15.6 Å². The number of amidine groups is 1. The molecule has 1 aromatic heterocycles. The molecular formula is C21H20N4O4S. The minimum atomic E-state index is -3.78. The Morgan fingerprint density at radius 1 is 1.10 bits per heavy atom. The van der Waals surface area contributed by atoms with Crippen LogP contribution in [0.1, 0.15) is 18.4 Å². The van der Waals surface area contributed by atoms with Crippen molar-refractivity contribution in [1.29, 1.82) is 0 Å². The van der Waals surface area contributed by atoms with Gasteiger partial charge >= 0.3 is 0 Å². The van der Waals surface area contributed by atoms with Crippen LogP contribution in [0.5, 0.6) is 0 Å². The molecule has 2 aromatic carbocycles. The average molecular weight is 424 g/mol. The molecule has 0 aliphatic carbocycles. The Morgan fingerprint density at radius 2 is 1.93 bits per heavy atom. The molecule has 0 bridgehead atoms. The highest BCUT2D eigenvalue weighted by atomic mass is 32.2. The molecule has 0 atom stereocenters. The molecule has 3 N–H and O–H groups in total. The molecule has 30 heavy (non-hydrogen) atoms. The molecule has 1 amide bonds. The number of nitrogens with one attached hydrogen (secondary N) is 3. The zero-order chi connectivity index (χ0) is 21.1. The SMILES string of the molecule is O=C(Cc1cc2ccccc2[nH]c1=O)Nc1cccc(S(=O)(=O)NC2=NCCC2)c1. The fourth-order valence-electron chi connectivity index (χ4n) is 3.28. The number of rotatable bonds is 5. The number of hydrogen-bond acceptors (Lipinski definition) is 5. The lowest BCUT2D eigenvalue weighted by molar-refractivity contribution is -0.115. The average Bonchev–Trinajstić information content (AvgIpc) is 3.21. The predicted octanol–water partition coefficient (Wildman–Crippen LogP) is 2.18. The van der Waals surface area contributed by atoms with E-state index in [0.717, 1.165) is 11.8 Å². The van der Waals surface area contributed by atoms with Crippen molar-refractivity contribution in [2.45, 2.75) is 24.2 Å². The van der Waals surface area contributed by atoms with Gasteiger partial charge in [-0.25, -0.2) is 8.42 Å². The highest BCUT2D eigenvalue weighted by Gasteiger charge is 2.19. The second kappa shape index (κ2) is 8.11. The Kier molecular flexibility index (Phi) is 5.37. The minimum absolute atomic E-state index is 0.0263. The number of nitrogens with zero attached hydrogens (tertiary/aromatic N) is 1. The van der Waals surface area contributed by atoms with E-state index >= 15 is 0 Å². The number of benzene rings is 2. The summed E-state index contributed by atoms with van der Waals surface area (Å²) in [7, 11) is -3.78. The molecular weight excluding hydrogens is 404 g/mol. The molecule has 1 aliphatic heterocycles. The molecule has 1 aliphatic rings. The van der Waals surface area contributed by atoms with Crippen molar-refractivity contribution in [3.05, 3.63) is 70.5 Å². The zero-order valence-corrected chi connectivity index (χ0v) is 16.8. The van der Waals surface area contributed by atoms with E-state index in [4.69, 9.17) is 0 Å². The van der Waals surface area contributed by atoms with Crippen LogP contribution >= 0.6 is 0 Å². The fourth-order valence-corrected chi connectivity index (χ4v) is 4.41. The number of aromatic nitrogens is 1. The Morgan fingerprint density at radius 3 is 2.73 bits per heavy atom. The van der Waals surface area contributed by atoms with Crippen LogP contribution in [0.3, 0.4) is 0 Å². The maximum absolute atomic E-state index is 12.5. The lowest BCUT2D eigenvalue weighted by Crippen LogP contribution is -2.29. The maximum Gasteiger partial charge on any atom is 0.262 e. The number of hydrogen-bond donors (Lipinski definition) is 3. The van der Waals surface area contributed by atoms with Crippen LogP contribution in [0.15, 0.2) is 69.3 Å². The summed E-state index contributed by atoms with van der Waals surface area (Å²) in [6.07, 6.45) is 1.28. The van der Waals surface area contributed by atoms with Gasteiger partial charge in [-0.15, -0.1) is 0 Å². The Hall–Kier alpha value is -3.46. The first-order valence-corrected chi connectivity index (χ1v) is 11.0. The summed E-state index contributed by atoms with van der Waals surface area (Å²) in [5.41, 5.74) is 1.02. The van der Waals surface area contributed by atoms with E-state index in [1.807, 2.05) is 18.2 Å². The molecule has 4 rings (SSSR count). The molecule has 3 aromatic rings. The summed E-state index contributed by atoms with van der Waals surface area (Å²) >= 11 is 0. The normalized spacial score (nSPS) is 13.8. The van der Waals surface area contributed by atoms with E-state index in [-0.39, 0.29) is 16.9 Å². The van der Waals surface area contributed by atoms with E-state index in [0.29, 0.717) is 35.6 Å². The number of H-pyrrole nitrogens is 1.